The summed E-state index contributed by atoms with van der Waals surface area (Å²) in [6, 6.07) is 11.9. The first kappa shape index (κ1) is 53.3. The Morgan fingerprint density at radius 3 is 2.58 bits per heavy atom. The van der Waals surface area contributed by atoms with Gasteiger partial charge in [-0.3, -0.25) is 24.1 Å². The second kappa shape index (κ2) is 20.5. The van der Waals surface area contributed by atoms with Crippen LogP contribution in [0.2, 0.25) is 0 Å². The quantitative estimate of drug-likeness (QED) is 0.0941. The van der Waals surface area contributed by atoms with Crippen molar-refractivity contribution in [3.8, 4) is 27.4 Å². The first-order chi connectivity index (χ1) is 37.6. The topological polar surface area (TPSA) is 251 Å². The van der Waals surface area contributed by atoms with Crippen molar-refractivity contribution in [2.45, 2.75) is 82.5 Å². The number of rotatable bonds is 15. The van der Waals surface area contributed by atoms with Crippen LogP contribution in [0.15, 0.2) is 86.9 Å². The first-order valence-electron chi connectivity index (χ1n) is 25.8. The van der Waals surface area contributed by atoms with Gasteiger partial charge in [0.25, 0.3) is 23.3 Å². The number of aliphatic hydroxyl groups is 1. The number of amidine groups is 1. The molecule has 0 bridgehead atoms. The zero-order chi connectivity index (χ0) is 55.8. The first-order valence-corrected chi connectivity index (χ1v) is 28.7. The average Bonchev–Trinajstić information content (AvgIpc) is 4.32. The van der Waals surface area contributed by atoms with Gasteiger partial charge in [-0.15, -0.1) is 11.3 Å². The molecule has 79 heavy (non-hydrogen) atoms. The molecule has 0 saturated carbocycles. The number of pyridine rings is 2. The molecule has 1 unspecified atom stereocenters. The minimum Gasteiger partial charge on any atom is -0.474 e. The van der Waals surface area contributed by atoms with Crippen LogP contribution in [0.4, 0.5) is 20.3 Å². The van der Waals surface area contributed by atoms with Gasteiger partial charge in [0.2, 0.25) is 5.91 Å². The van der Waals surface area contributed by atoms with Crippen LogP contribution in [0.1, 0.15) is 78.0 Å². The number of ether oxygens (including phenoxy) is 1. The monoisotopic (exact) mass is 1120 g/mol. The maximum atomic E-state index is 15.7. The van der Waals surface area contributed by atoms with Crippen LogP contribution in [-0.2, 0) is 44.3 Å². The number of nitrogens with zero attached hydrogens (tertiary/aromatic N) is 8. The number of aliphatic imine (C=N–C) groups is 1. The van der Waals surface area contributed by atoms with E-state index in [2.05, 4.69) is 35.6 Å². The fourth-order valence-corrected chi connectivity index (χ4v) is 13.0. The third-order valence-electron chi connectivity index (χ3n) is 15.3. The molecule has 9 heterocycles. The van der Waals surface area contributed by atoms with E-state index in [0.717, 1.165) is 28.6 Å². The van der Waals surface area contributed by atoms with E-state index in [9.17, 15) is 37.1 Å². The molecule has 0 aliphatic carbocycles. The van der Waals surface area contributed by atoms with E-state index in [1.807, 2.05) is 45.0 Å². The van der Waals surface area contributed by atoms with Crippen molar-refractivity contribution in [3.63, 3.8) is 0 Å². The second-order valence-corrected chi connectivity index (χ2v) is 24.3. The fraction of sp³-hybridized carbons (Fsp3) is 0.382. The predicted octanol–water partition coefficient (Wildman–Crippen LogP) is 5.85. The molecule has 2 saturated heterocycles. The normalized spacial score (nSPS) is 20.7. The van der Waals surface area contributed by atoms with Crippen molar-refractivity contribution < 1.29 is 45.9 Å². The molecule has 5 atom stereocenters. The number of aryl methyl sites for hydroxylation is 2. The van der Waals surface area contributed by atoms with E-state index in [1.165, 1.54) is 26.9 Å². The van der Waals surface area contributed by atoms with Gasteiger partial charge in [-0.25, -0.2) is 32.2 Å². The third kappa shape index (κ3) is 10.1. The van der Waals surface area contributed by atoms with Gasteiger partial charge < -0.3 is 44.4 Å². The van der Waals surface area contributed by atoms with Gasteiger partial charge in [-0.1, -0.05) is 38.1 Å². The lowest BCUT2D eigenvalue weighted by Gasteiger charge is -2.29. The highest BCUT2D eigenvalue weighted by molar-refractivity contribution is 7.89. The van der Waals surface area contributed by atoms with Crippen LogP contribution in [0.5, 0.6) is 5.88 Å². The Balaban J connectivity index is 0.760. The van der Waals surface area contributed by atoms with Gasteiger partial charge in [0.1, 0.15) is 29.7 Å². The Morgan fingerprint density at radius 1 is 1.08 bits per heavy atom. The van der Waals surface area contributed by atoms with Crippen molar-refractivity contribution in [1.82, 2.24) is 45.1 Å². The average molecular weight is 1120 g/mol. The van der Waals surface area contributed by atoms with Crippen molar-refractivity contribution in [3.05, 3.63) is 128 Å². The van der Waals surface area contributed by atoms with Crippen molar-refractivity contribution in [2.24, 2.45) is 18.0 Å². The molecule has 7 aromatic rings. The van der Waals surface area contributed by atoms with Gasteiger partial charge in [0.15, 0.2) is 32.8 Å². The number of fused-ring (bicyclic) bond motifs is 2. The maximum absolute atomic E-state index is 15.7. The summed E-state index contributed by atoms with van der Waals surface area (Å²) in [5.74, 6) is -4.19. The number of H-pyrrole nitrogens is 1. The van der Waals surface area contributed by atoms with E-state index >= 15 is 4.39 Å². The number of likely N-dealkylation sites (tertiary alicyclic amines) is 2. The number of aromatic nitrogens is 5. The summed E-state index contributed by atoms with van der Waals surface area (Å²) in [6.07, 6.45) is 5.05. The highest BCUT2D eigenvalue weighted by atomic mass is 32.2. The molecule has 0 spiro atoms. The zero-order valence-electron chi connectivity index (χ0n) is 44.0. The Hall–Kier alpha value is -7.67. The molecular formula is C55H57F2N11O9S2. The number of aliphatic hydroxyl groups excluding tert-OH is 1. The molecular weight excluding hydrogens is 1060 g/mol. The van der Waals surface area contributed by atoms with Gasteiger partial charge in [0, 0.05) is 98.5 Å². The van der Waals surface area contributed by atoms with E-state index in [-0.39, 0.29) is 89.6 Å². The summed E-state index contributed by atoms with van der Waals surface area (Å²) in [5, 5.41) is 21.6. The molecule has 4 aliphatic heterocycles. The Morgan fingerprint density at radius 2 is 1.86 bits per heavy atom. The number of nitrogens with one attached hydrogen (secondary N) is 3. The maximum Gasteiger partial charge on any atom is 0.274 e. The van der Waals surface area contributed by atoms with E-state index in [4.69, 9.17) is 14.3 Å². The lowest BCUT2D eigenvalue weighted by molar-refractivity contribution is -0.134. The largest absolute Gasteiger partial charge is 0.474 e. The summed E-state index contributed by atoms with van der Waals surface area (Å²) >= 11 is 1.54. The number of β-amino-alcohol motifs (C(OH)–C–C–N with tert-alkyl or cyclic N) is 1. The van der Waals surface area contributed by atoms with Crippen LogP contribution in [0.3, 0.4) is 0 Å². The van der Waals surface area contributed by atoms with Crippen LogP contribution < -0.4 is 25.8 Å². The van der Waals surface area contributed by atoms with Gasteiger partial charge >= 0.3 is 0 Å². The molecule has 24 heteroatoms. The number of thiazole rings is 1. The third-order valence-corrected chi connectivity index (χ3v) is 17.1. The van der Waals surface area contributed by atoms with Crippen LogP contribution in [0.25, 0.3) is 32.5 Å². The van der Waals surface area contributed by atoms with Crippen molar-refractivity contribution >= 4 is 67.1 Å². The summed E-state index contributed by atoms with van der Waals surface area (Å²) in [4.78, 5) is 78.4. The van der Waals surface area contributed by atoms with Crippen LogP contribution in [-0.4, -0.2) is 129 Å². The van der Waals surface area contributed by atoms with Crippen molar-refractivity contribution in [1.29, 1.82) is 0 Å². The van der Waals surface area contributed by atoms with Crippen LogP contribution >= 0.6 is 11.3 Å². The summed E-state index contributed by atoms with van der Waals surface area (Å²) in [7, 11) is -2.15. The van der Waals surface area contributed by atoms with E-state index < -0.39 is 56.7 Å². The molecule has 20 nitrogen and oxygen atoms in total. The molecule has 2 aromatic carbocycles. The molecule has 4 aliphatic rings. The Kier molecular flexibility index (Phi) is 13.9. The molecule has 2 fully saturated rings. The highest BCUT2D eigenvalue weighted by Crippen LogP contribution is 2.45. The number of carbonyl (C=O) groups excluding carboxylic acids is 3. The summed E-state index contributed by atoms with van der Waals surface area (Å²) in [5.41, 5.74) is 5.11. The lowest BCUT2D eigenvalue weighted by Crippen LogP contribution is -2.48. The number of carbonyl (C=O) groups is 3. The van der Waals surface area contributed by atoms with E-state index in [1.54, 1.807) is 48.9 Å². The van der Waals surface area contributed by atoms with E-state index in [0.29, 0.717) is 71.3 Å². The minimum absolute atomic E-state index is 0.0244. The number of amides is 3. The standard InChI is InChI=1S/C55H57F2N11O9S2/c1-28(2)45(52(71)68-24-36(69)17-42(68)49-62-54(73)55(4,63-49)33-9-7-30(8-10-33)48-29(3)60-27-78-48)43-19-44(64-77-43)76-14-13-66-12-11-35(23-66)61-51(70)37-18-41-38(15-31(37)26-79(6,74)75)39-25-65(5)53(72)47-46(39)32(20-58-47)22-67(41)50-40(57)16-34(56)21-59-50/h7-10,15-16,18-21,25,27-28,35-36,42,45,58,69H,11-14,17,22-24,26H2,1-6H3,(H,61,70)(H,62,63,73)/t35-,36+,42+,45+,55?/m0/s1. The molecule has 4 N–H and O–H groups in total. The molecule has 11 rings (SSSR count). The smallest absolute Gasteiger partial charge is 0.274 e. The number of anilines is 2. The number of sulfone groups is 1. The van der Waals surface area contributed by atoms with Gasteiger partial charge in [-0.2, -0.15) is 0 Å². The number of benzene rings is 2. The summed E-state index contributed by atoms with van der Waals surface area (Å²) in [6.45, 7) is 9.03. The Bertz CT molecular complexity index is 3800. The summed E-state index contributed by atoms with van der Waals surface area (Å²) < 4.78 is 69.0. The lowest BCUT2D eigenvalue weighted by atomic mass is 9.91. The van der Waals surface area contributed by atoms with Gasteiger partial charge in [0.05, 0.1) is 52.4 Å². The highest BCUT2D eigenvalue weighted by Gasteiger charge is 2.48. The predicted molar refractivity (Wildman–Crippen MR) is 291 cm³/mol. The number of hydrogen-bond acceptors (Lipinski definition) is 16. The molecule has 412 valence electrons. The van der Waals surface area contributed by atoms with Gasteiger partial charge in [-0.05, 0) is 65.7 Å². The SMILES string of the molecule is Cc1ncsc1-c1ccc(C2(C)N=C([C@H]3C[C@@H](O)CN3C(=O)[C@@H](c3cc(OCCN4CC[C@H](NC(=O)c5cc6c(cc5CS(C)(=O)=O)-c5cn(C)c(=O)c7[nH]cc(c57)CN6c5ncc(F)cc5F)C4)no3)C(C)C)NC2=O)cc1. The molecule has 3 amide bonds. The molecule has 0 radical (unpaired) electrons. The zero-order valence-corrected chi connectivity index (χ0v) is 45.7. The Labute approximate surface area is 456 Å². The van der Waals surface area contributed by atoms with Crippen molar-refractivity contribution in [2.75, 3.05) is 43.9 Å². The van der Waals surface area contributed by atoms with Crippen LogP contribution in [0, 0.1) is 24.5 Å². The number of hydrogen-bond donors (Lipinski definition) is 4. The molecule has 5 aromatic heterocycles. The second-order valence-electron chi connectivity index (χ2n) is 21.3. The minimum atomic E-state index is -3.72. The number of halogens is 2. The fourth-order valence-electron chi connectivity index (χ4n) is 11.3. The number of aromatic amines is 1.